The summed E-state index contributed by atoms with van der Waals surface area (Å²) in [6, 6.07) is 14.6. The molecule has 0 atom stereocenters. The van der Waals surface area contributed by atoms with Crippen LogP contribution in [0.3, 0.4) is 0 Å². The van der Waals surface area contributed by atoms with Crippen LogP contribution in [0.1, 0.15) is 5.69 Å². The average molecular weight is 480 g/mol. The highest BCUT2D eigenvalue weighted by atomic mass is 35.5. The quantitative estimate of drug-likeness (QED) is 0.307. The second kappa shape index (κ2) is 8.97. The van der Waals surface area contributed by atoms with Crippen LogP contribution in [0.4, 0.5) is 21.0 Å². The number of hydrogen-bond acceptors (Lipinski definition) is 7. The van der Waals surface area contributed by atoms with Crippen molar-refractivity contribution in [1.82, 2.24) is 15.0 Å². The van der Waals surface area contributed by atoms with Gasteiger partial charge in [-0.2, -0.15) is 0 Å². The molecule has 0 radical (unpaired) electrons. The lowest BCUT2D eigenvalue weighted by atomic mass is 10.2. The van der Waals surface area contributed by atoms with Crippen LogP contribution in [0, 0.1) is 5.82 Å². The Bertz CT molecular complexity index is 1430. The molecule has 3 aromatic heterocycles. The number of oxazole rings is 1. The third-order valence-corrected chi connectivity index (χ3v) is 5.65. The topological polar surface area (TPSA) is 92.9 Å². The first kappa shape index (κ1) is 21.0. The molecule has 0 aliphatic carbocycles. The smallest absolute Gasteiger partial charge is 0.230 e. The minimum absolute atomic E-state index is 0.113. The maximum atomic E-state index is 13.1. The van der Waals surface area contributed by atoms with E-state index in [1.807, 2.05) is 5.38 Å². The van der Waals surface area contributed by atoms with Crippen molar-refractivity contribution in [1.29, 1.82) is 0 Å². The molecule has 0 aliphatic rings. The predicted molar refractivity (Wildman–Crippen MR) is 126 cm³/mol. The van der Waals surface area contributed by atoms with Gasteiger partial charge in [-0.05, 0) is 48.5 Å². The van der Waals surface area contributed by atoms with Gasteiger partial charge in [-0.1, -0.05) is 11.6 Å². The van der Waals surface area contributed by atoms with E-state index in [9.17, 15) is 9.18 Å². The summed E-state index contributed by atoms with van der Waals surface area (Å²) in [6.07, 6.45) is 1.65. The van der Waals surface area contributed by atoms with Gasteiger partial charge in [0, 0.05) is 28.9 Å². The minimum atomic E-state index is -0.329. The number of rotatable bonds is 6. The van der Waals surface area contributed by atoms with E-state index < -0.39 is 0 Å². The van der Waals surface area contributed by atoms with Crippen molar-refractivity contribution in [3.05, 3.63) is 82.7 Å². The summed E-state index contributed by atoms with van der Waals surface area (Å²) < 4.78 is 18.9. The number of carbonyl (C=O) groups is 1. The van der Waals surface area contributed by atoms with E-state index in [1.165, 1.54) is 23.5 Å². The summed E-state index contributed by atoms with van der Waals surface area (Å²) in [5, 5.41) is 8.91. The number of nitrogens with zero attached hydrogens (tertiary/aromatic N) is 3. The molecule has 0 aliphatic heterocycles. The molecule has 3 heterocycles. The summed E-state index contributed by atoms with van der Waals surface area (Å²) in [7, 11) is 0. The fourth-order valence-electron chi connectivity index (χ4n) is 3.09. The molecule has 2 aromatic carbocycles. The molecule has 0 saturated carbocycles. The second-order valence-electron chi connectivity index (χ2n) is 7.06. The van der Waals surface area contributed by atoms with Gasteiger partial charge in [0.2, 0.25) is 11.8 Å². The Balaban J connectivity index is 1.24. The molecule has 0 unspecified atom stereocenters. The molecule has 2 N–H and O–H groups in total. The number of halogens is 2. The maximum absolute atomic E-state index is 13.1. The van der Waals surface area contributed by atoms with E-state index >= 15 is 0 Å². The number of hydrogen-bond donors (Lipinski definition) is 2. The molecule has 0 bridgehead atoms. The first-order valence-electron chi connectivity index (χ1n) is 9.81. The zero-order valence-corrected chi connectivity index (χ0v) is 18.5. The van der Waals surface area contributed by atoms with Gasteiger partial charge in [-0.25, -0.2) is 19.3 Å². The van der Waals surface area contributed by atoms with E-state index in [-0.39, 0.29) is 18.1 Å². The monoisotopic (exact) mass is 479 g/mol. The number of fused-ring (bicyclic) bond motifs is 1. The van der Waals surface area contributed by atoms with Gasteiger partial charge >= 0.3 is 0 Å². The predicted octanol–water partition coefficient (Wildman–Crippen LogP) is 6.06. The maximum Gasteiger partial charge on any atom is 0.230 e. The van der Waals surface area contributed by atoms with Crippen LogP contribution in [0.25, 0.3) is 22.6 Å². The van der Waals surface area contributed by atoms with Crippen molar-refractivity contribution >= 4 is 56.6 Å². The molecule has 5 rings (SSSR count). The summed E-state index contributed by atoms with van der Waals surface area (Å²) in [5.41, 5.74) is 3.03. The van der Waals surface area contributed by atoms with Gasteiger partial charge in [0.05, 0.1) is 17.1 Å². The summed E-state index contributed by atoms with van der Waals surface area (Å²) in [4.78, 5) is 25.5. The Hall–Kier alpha value is -3.82. The molecule has 164 valence electrons. The average Bonchev–Trinajstić information content (AvgIpc) is 3.42. The molecule has 33 heavy (non-hydrogen) atoms. The zero-order valence-electron chi connectivity index (χ0n) is 16.9. The lowest BCUT2D eigenvalue weighted by Crippen LogP contribution is -2.14. The number of carbonyl (C=O) groups excluding carboxylic acids is 1. The van der Waals surface area contributed by atoms with Crippen LogP contribution in [-0.2, 0) is 11.2 Å². The normalized spacial score (nSPS) is 11.0. The molecular formula is C23H15ClFN5O2S. The van der Waals surface area contributed by atoms with Crippen molar-refractivity contribution in [3.8, 4) is 11.5 Å². The Kier molecular flexibility index (Phi) is 5.72. The molecule has 7 nitrogen and oxygen atoms in total. The van der Waals surface area contributed by atoms with Crippen molar-refractivity contribution in [2.75, 3.05) is 10.6 Å². The number of pyridine rings is 1. The Morgan fingerprint density at radius 3 is 2.73 bits per heavy atom. The van der Waals surface area contributed by atoms with Gasteiger partial charge in [0.1, 0.15) is 17.2 Å². The van der Waals surface area contributed by atoms with Crippen LogP contribution in [-0.4, -0.2) is 20.9 Å². The lowest BCUT2D eigenvalue weighted by Gasteiger charge is -2.03. The van der Waals surface area contributed by atoms with Crippen LogP contribution in [0.2, 0.25) is 5.02 Å². The third-order valence-electron chi connectivity index (χ3n) is 4.62. The van der Waals surface area contributed by atoms with E-state index in [2.05, 4.69) is 25.6 Å². The fraction of sp³-hybridized carbons (Fsp3) is 0.0435. The molecule has 5 aromatic rings. The summed E-state index contributed by atoms with van der Waals surface area (Å²) in [5.74, 6) is 0.454. The molecule has 0 spiro atoms. The fourth-order valence-corrected chi connectivity index (χ4v) is 3.92. The van der Waals surface area contributed by atoms with E-state index in [0.29, 0.717) is 49.9 Å². The number of anilines is 3. The SMILES string of the molecule is O=C(Cc1csc(Nc2ccc(Cl)cn2)n1)Nc1ccc2nc(-c3ccc(F)cc3)oc2c1. The number of aromatic nitrogens is 3. The number of nitrogens with one attached hydrogen (secondary N) is 2. The van der Waals surface area contributed by atoms with E-state index in [4.69, 9.17) is 16.0 Å². The van der Waals surface area contributed by atoms with Crippen molar-refractivity contribution in [2.24, 2.45) is 0 Å². The van der Waals surface area contributed by atoms with Crippen LogP contribution >= 0.6 is 22.9 Å². The molecular weight excluding hydrogens is 465 g/mol. The first-order valence-corrected chi connectivity index (χ1v) is 11.1. The Morgan fingerprint density at radius 1 is 1.09 bits per heavy atom. The highest BCUT2D eigenvalue weighted by molar-refractivity contribution is 7.13. The Labute approximate surface area is 196 Å². The molecule has 1 amide bonds. The minimum Gasteiger partial charge on any atom is -0.436 e. The number of benzene rings is 2. The highest BCUT2D eigenvalue weighted by Crippen LogP contribution is 2.27. The van der Waals surface area contributed by atoms with Crippen LogP contribution in [0.15, 0.2) is 70.6 Å². The third kappa shape index (κ3) is 5.00. The molecule has 0 saturated heterocycles. The number of amides is 1. The zero-order chi connectivity index (χ0) is 22.8. The van der Waals surface area contributed by atoms with Gasteiger partial charge in [-0.15, -0.1) is 11.3 Å². The van der Waals surface area contributed by atoms with Gasteiger partial charge < -0.3 is 15.1 Å². The van der Waals surface area contributed by atoms with E-state index in [0.717, 1.165) is 0 Å². The van der Waals surface area contributed by atoms with Gasteiger partial charge in [0.15, 0.2) is 10.7 Å². The van der Waals surface area contributed by atoms with Crippen molar-refractivity contribution in [3.63, 3.8) is 0 Å². The lowest BCUT2D eigenvalue weighted by molar-refractivity contribution is -0.115. The second-order valence-corrected chi connectivity index (χ2v) is 8.36. The largest absolute Gasteiger partial charge is 0.436 e. The standard InChI is InChI=1S/C23H15ClFN5O2S/c24-14-3-8-20(26-11-14)30-23-28-17(12-33-23)10-21(31)27-16-6-7-18-19(9-16)32-22(29-18)13-1-4-15(25)5-2-13/h1-9,11-12H,10H2,(H,27,31)(H,26,28,30). The van der Waals surface area contributed by atoms with Gasteiger partial charge in [0.25, 0.3) is 0 Å². The number of thiazole rings is 1. The summed E-state index contributed by atoms with van der Waals surface area (Å²) in [6.45, 7) is 0. The van der Waals surface area contributed by atoms with Crippen LogP contribution < -0.4 is 10.6 Å². The van der Waals surface area contributed by atoms with Gasteiger partial charge in [-0.3, -0.25) is 4.79 Å². The van der Waals surface area contributed by atoms with Crippen molar-refractivity contribution in [2.45, 2.75) is 6.42 Å². The van der Waals surface area contributed by atoms with Crippen molar-refractivity contribution < 1.29 is 13.6 Å². The molecule has 0 fully saturated rings. The summed E-state index contributed by atoms with van der Waals surface area (Å²) >= 11 is 7.22. The molecule has 10 heteroatoms. The Morgan fingerprint density at radius 2 is 1.94 bits per heavy atom. The van der Waals surface area contributed by atoms with Crippen LogP contribution in [0.5, 0.6) is 0 Å². The van der Waals surface area contributed by atoms with E-state index in [1.54, 1.807) is 48.7 Å². The first-order chi connectivity index (χ1) is 16.0. The highest BCUT2D eigenvalue weighted by Gasteiger charge is 2.12.